The van der Waals surface area contributed by atoms with Gasteiger partial charge in [-0.1, -0.05) is 18.2 Å². The lowest BCUT2D eigenvalue weighted by Gasteiger charge is -2.27. The van der Waals surface area contributed by atoms with Gasteiger partial charge in [-0.15, -0.1) is 0 Å². The summed E-state index contributed by atoms with van der Waals surface area (Å²) in [5.41, 5.74) is 0.549. The van der Waals surface area contributed by atoms with Crippen LogP contribution in [0, 0.1) is 11.6 Å². The predicted octanol–water partition coefficient (Wildman–Crippen LogP) is 3.51. The standard InChI is InChI=1S/C14H17F2N/c1-17(13-5-3-2-4-6-13)10-11-7-8-12(15)9-14(11)16/h3,5,7-9,13H,2,4,6,10H2,1H3. The van der Waals surface area contributed by atoms with Gasteiger partial charge in [0.1, 0.15) is 11.6 Å². The van der Waals surface area contributed by atoms with Gasteiger partial charge >= 0.3 is 0 Å². The van der Waals surface area contributed by atoms with Crippen molar-refractivity contribution < 1.29 is 8.78 Å². The topological polar surface area (TPSA) is 3.24 Å². The largest absolute Gasteiger partial charge is 0.296 e. The van der Waals surface area contributed by atoms with Crippen molar-refractivity contribution in [3.8, 4) is 0 Å². The van der Waals surface area contributed by atoms with Crippen molar-refractivity contribution in [3.63, 3.8) is 0 Å². The predicted molar refractivity (Wildman–Crippen MR) is 64.6 cm³/mol. The lowest BCUT2D eigenvalue weighted by molar-refractivity contribution is 0.250. The first kappa shape index (κ1) is 12.2. The molecule has 0 bridgehead atoms. The average Bonchev–Trinajstić information content (AvgIpc) is 2.34. The minimum absolute atomic E-state index is 0.369. The molecule has 1 aliphatic carbocycles. The van der Waals surface area contributed by atoms with Crippen molar-refractivity contribution in [3.05, 3.63) is 47.5 Å². The molecule has 0 spiro atoms. The van der Waals surface area contributed by atoms with Crippen LogP contribution >= 0.6 is 0 Å². The van der Waals surface area contributed by atoms with Gasteiger partial charge in [-0.3, -0.25) is 4.90 Å². The van der Waals surface area contributed by atoms with Crippen LogP contribution < -0.4 is 0 Å². The number of rotatable bonds is 3. The Kier molecular flexibility index (Phi) is 3.89. The maximum atomic E-state index is 13.5. The Labute approximate surface area is 101 Å². The molecule has 1 atom stereocenters. The monoisotopic (exact) mass is 237 g/mol. The summed E-state index contributed by atoms with van der Waals surface area (Å²) in [5, 5.41) is 0. The highest BCUT2D eigenvalue weighted by Gasteiger charge is 2.15. The third kappa shape index (κ3) is 3.13. The van der Waals surface area contributed by atoms with Crippen LogP contribution in [0.2, 0.25) is 0 Å². The summed E-state index contributed by atoms with van der Waals surface area (Å²) in [4.78, 5) is 2.10. The molecule has 1 aromatic rings. The van der Waals surface area contributed by atoms with Crippen molar-refractivity contribution in [1.82, 2.24) is 4.90 Å². The van der Waals surface area contributed by atoms with Crippen molar-refractivity contribution in [1.29, 1.82) is 0 Å². The molecule has 1 unspecified atom stereocenters. The van der Waals surface area contributed by atoms with Crippen molar-refractivity contribution >= 4 is 0 Å². The number of allylic oxidation sites excluding steroid dienone is 1. The van der Waals surface area contributed by atoms with Crippen LogP contribution in [0.15, 0.2) is 30.4 Å². The molecule has 1 aliphatic rings. The Morgan fingerprint density at radius 2 is 2.18 bits per heavy atom. The molecule has 1 aromatic carbocycles. The van der Waals surface area contributed by atoms with Crippen LogP contribution in [0.25, 0.3) is 0 Å². The minimum Gasteiger partial charge on any atom is -0.296 e. The fourth-order valence-electron chi connectivity index (χ4n) is 2.20. The Morgan fingerprint density at radius 1 is 1.35 bits per heavy atom. The van der Waals surface area contributed by atoms with E-state index in [2.05, 4.69) is 17.1 Å². The number of halogens is 2. The van der Waals surface area contributed by atoms with E-state index in [0.717, 1.165) is 18.9 Å². The van der Waals surface area contributed by atoms with Crippen molar-refractivity contribution in [2.24, 2.45) is 0 Å². The van der Waals surface area contributed by atoms with Crippen LogP contribution in [0.5, 0.6) is 0 Å². The fraction of sp³-hybridized carbons (Fsp3) is 0.429. The van der Waals surface area contributed by atoms with Gasteiger partial charge in [0.15, 0.2) is 0 Å². The van der Waals surface area contributed by atoms with Gasteiger partial charge in [-0.05, 0) is 32.4 Å². The SMILES string of the molecule is CN(Cc1ccc(F)cc1F)C1C=CCCC1. The molecule has 2 rings (SSSR count). The third-order valence-corrected chi connectivity index (χ3v) is 3.23. The van der Waals surface area contributed by atoms with E-state index < -0.39 is 11.6 Å². The van der Waals surface area contributed by atoms with E-state index in [1.54, 1.807) is 0 Å². The molecule has 3 heteroatoms. The Hall–Kier alpha value is -1.22. The fourth-order valence-corrected chi connectivity index (χ4v) is 2.20. The molecule has 0 radical (unpaired) electrons. The lowest BCUT2D eigenvalue weighted by Crippen LogP contribution is -2.30. The summed E-state index contributed by atoms with van der Waals surface area (Å²) in [7, 11) is 1.98. The molecule has 0 N–H and O–H groups in total. The maximum Gasteiger partial charge on any atom is 0.130 e. The van der Waals surface area contributed by atoms with Gasteiger partial charge in [-0.2, -0.15) is 0 Å². The highest BCUT2D eigenvalue weighted by molar-refractivity contribution is 5.18. The molecule has 1 nitrogen and oxygen atoms in total. The Balaban J connectivity index is 2.04. The Morgan fingerprint density at radius 3 is 2.82 bits per heavy atom. The molecule has 0 amide bonds. The van der Waals surface area contributed by atoms with E-state index in [4.69, 9.17) is 0 Å². The maximum absolute atomic E-state index is 13.5. The quantitative estimate of drug-likeness (QED) is 0.727. The number of nitrogens with zero attached hydrogens (tertiary/aromatic N) is 1. The van der Waals surface area contributed by atoms with Crippen molar-refractivity contribution in [2.75, 3.05) is 7.05 Å². The van der Waals surface area contributed by atoms with Gasteiger partial charge in [0.2, 0.25) is 0 Å². The van der Waals surface area contributed by atoms with E-state index in [0.29, 0.717) is 18.2 Å². The highest BCUT2D eigenvalue weighted by atomic mass is 19.1. The first-order valence-electron chi connectivity index (χ1n) is 5.97. The van der Waals surface area contributed by atoms with E-state index in [-0.39, 0.29) is 0 Å². The van der Waals surface area contributed by atoms with Gasteiger partial charge in [0, 0.05) is 24.2 Å². The second kappa shape index (κ2) is 5.41. The highest BCUT2D eigenvalue weighted by Crippen LogP contribution is 2.18. The van der Waals surface area contributed by atoms with E-state index >= 15 is 0 Å². The number of hydrogen-bond donors (Lipinski definition) is 0. The zero-order valence-corrected chi connectivity index (χ0v) is 10.00. The van der Waals surface area contributed by atoms with E-state index in [9.17, 15) is 8.78 Å². The second-order valence-electron chi connectivity index (χ2n) is 4.58. The third-order valence-electron chi connectivity index (χ3n) is 3.23. The summed E-state index contributed by atoms with van der Waals surface area (Å²) < 4.78 is 26.3. The van der Waals surface area contributed by atoms with Gasteiger partial charge < -0.3 is 0 Å². The summed E-state index contributed by atoms with van der Waals surface area (Å²) in [5.74, 6) is -0.983. The summed E-state index contributed by atoms with van der Waals surface area (Å²) >= 11 is 0. The molecule has 0 saturated heterocycles. The van der Waals surface area contributed by atoms with Crippen LogP contribution in [-0.4, -0.2) is 18.0 Å². The zero-order valence-electron chi connectivity index (χ0n) is 10.00. The summed E-state index contributed by atoms with van der Waals surface area (Å²) in [6.45, 7) is 0.515. The van der Waals surface area contributed by atoms with Gasteiger partial charge in [-0.25, -0.2) is 8.78 Å². The van der Waals surface area contributed by atoms with Crippen LogP contribution in [0.4, 0.5) is 8.78 Å². The number of benzene rings is 1. The van der Waals surface area contributed by atoms with Crippen LogP contribution in [0.1, 0.15) is 24.8 Å². The molecule has 0 heterocycles. The second-order valence-corrected chi connectivity index (χ2v) is 4.58. The number of hydrogen-bond acceptors (Lipinski definition) is 1. The first-order chi connectivity index (χ1) is 8.16. The Bertz CT molecular complexity index is 415. The molecule has 92 valence electrons. The average molecular weight is 237 g/mol. The zero-order chi connectivity index (χ0) is 12.3. The molecular formula is C14H17F2N. The lowest BCUT2D eigenvalue weighted by atomic mass is 10.0. The van der Waals surface area contributed by atoms with Crippen LogP contribution in [0.3, 0.4) is 0 Å². The number of likely N-dealkylation sites (N-methyl/N-ethyl adjacent to an activating group) is 1. The molecule has 0 aromatic heterocycles. The smallest absolute Gasteiger partial charge is 0.130 e. The van der Waals surface area contributed by atoms with Crippen molar-refractivity contribution in [2.45, 2.75) is 31.8 Å². The minimum atomic E-state index is -0.522. The van der Waals surface area contributed by atoms with Gasteiger partial charge in [0.05, 0.1) is 0 Å². The molecule has 0 aliphatic heterocycles. The van der Waals surface area contributed by atoms with E-state index in [1.165, 1.54) is 18.6 Å². The van der Waals surface area contributed by atoms with Gasteiger partial charge in [0.25, 0.3) is 0 Å². The molecule has 17 heavy (non-hydrogen) atoms. The van der Waals surface area contributed by atoms with E-state index in [1.807, 2.05) is 7.05 Å². The molecule has 0 saturated carbocycles. The molecule has 0 fully saturated rings. The van der Waals surface area contributed by atoms with Crippen LogP contribution in [-0.2, 0) is 6.54 Å². The summed E-state index contributed by atoms with van der Waals surface area (Å²) in [6.07, 6.45) is 7.76. The molecular weight excluding hydrogens is 220 g/mol. The summed E-state index contributed by atoms with van der Waals surface area (Å²) in [6, 6.07) is 4.14. The normalized spacial score (nSPS) is 19.9. The first-order valence-corrected chi connectivity index (χ1v) is 5.97.